The van der Waals surface area contributed by atoms with Crippen LogP contribution in [0.2, 0.25) is 0 Å². The lowest BCUT2D eigenvalue weighted by molar-refractivity contribution is -0.168. The third-order valence-electron chi connectivity index (χ3n) is 4.14. The highest BCUT2D eigenvalue weighted by molar-refractivity contribution is 5.92. The van der Waals surface area contributed by atoms with Crippen LogP contribution < -0.4 is 0 Å². The van der Waals surface area contributed by atoms with E-state index in [4.69, 9.17) is 9.47 Å². The minimum atomic E-state index is -0.550. The number of carbonyl (C=O) groups is 2. The van der Waals surface area contributed by atoms with Crippen LogP contribution in [0.1, 0.15) is 32.6 Å². The molecule has 0 N–H and O–H groups in total. The predicted octanol–water partition coefficient (Wildman–Crippen LogP) is 2.06. The molecule has 5 nitrogen and oxygen atoms in total. The molecule has 1 fully saturated rings. The Labute approximate surface area is 123 Å². The molecular formula is C16H19NO4. The lowest BCUT2D eigenvalue weighted by Gasteiger charge is -2.42. The maximum Gasteiger partial charge on any atom is 0.339 e. The molecule has 112 valence electrons. The minimum absolute atomic E-state index is 0.261. The minimum Gasteiger partial charge on any atom is -0.437 e. The van der Waals surface area contributed by atoms with Gasteiger partial charge in [0, 0.05) is 31.2 Å². The van der Waals surface area contributed by atoms with Gasteiger partial charge in [-0.25, -0.2) is 9.59 Å². The lowest BCUT2D eigenvalue weighted by Crippen LogP contribution is -2.51. The van der Waals surface area contributed by atoms with Crippen LogP contribution in [0.15, 0.2) is 35.6 Å². The summed E-state index contributed by atoms with van der Waals surface area (Å²) in [5.41, 5.74) is 0.0784. The molecule has 0 aromatic carbocycles. The molecule has 3 aliphatic rings. The first-order chi connectivity index (χ1) is 10.1. The number of hydrogen-bond donors (Lipinski definition) is 0. The number of hydrogen-bond acceptors (Lipinski definition) is 5. The number of rotatable bonds is 3. The first kappa shape index (κ1) is 14.1. The summed E-state index contributed by atoms with van der Waals surface area (Å²) in [6.45, 7) is 3.42. The van der Waals surface area contributed by atoms with Crippen molar-refractivity contribution in [3.05, 3.63) is 35.6 Å². The quantitative estimate of drug-likeness (QED) is 0.744. The van der Waals surface area contributed by atoms with Gasteiger partial charge >= 0.3 is 11.9 Å². The molecule has 0 bridgehead atoms. The summed E-state index contributed by atoms with van der Waals surface area (Å²) >= 11 is 0. The van der Waals surface area contributed by atoms with Gasteiger partial charge in [0.05, 0.1) is 0 Å². The fourth-order valence-electron chi connectivity index (χ4n) is 3.03. The third-order valence-corrected chi connectivity index (χ3v) is 4.14. The van der Waals surface area contributed by atoms with Gasteiger partial charge in [-0.05, 0) is 44.4 Å². The molecule has 21 heavy (non-hydrogen) atoms. The smallest absolute Gasteiger partial charge is 0.339 e. The molecule has 3 heterocycles. The Kier molecular flexibility index (Phi) is 3.68. The summed E-state index contributed by atoms with van der Waals surface area (Å²) in [5, 5.41) is 0. The Balaban J connectivity index is 1.62. The van der Waals surface area contributed by atoms with Gasteiger partial charge in [0.2, 0.25) is 0 Å². The van der Waals surface area contributed by atoms with Gasteiger partial charge in [-0.2, -0.15) is 0 Å². The average molecular weight is 289 g/mol. The van der Waals surface area contributed by atoms with Crippen molar-refractivity contribution in [2.45, 2.75) is 38.3 Å². The molecule has 0 aromatic rings. The highest BCUT2D eigenvalue weighted by atomic mass is 16.6. The largest absolute Gasteiger partial charge is 0.437 e. The zero-order valence-electron chi connectivity index (χ0n) is 12.1. The third kappa shape index (κ3) is 2.78. The molecule has 0 saturated carbocycles. The van der Waals surface area contributed by atoms with Crippen molar-refractivity contribution < 1.29 is 19.1 Å². The molecular weight excluding hydrogens is 270 g/mol. The van der Waals surface area contributed by atoms with Gasteiger partial charge < -0.3 is 9.47 Å². The predicted molar refractivity (Wildman–Crippen MR) is 75.9 cm³/mol. The van der Waals surface area contributed by atoms with Crippen molar-refractivity contribution in [3.63, 3.8) is 0 Å². The Morgan fingerprint density at radius 2 is 2.24 bits per heavy atom. The molecule has 0 amide bonds. The van der Waals surface area contributed by atoms with E-state index in [1.807, 2.05) is 12.2 Å². The number of piperidine rings is 1. The van der Waals surface area contributed by atoms with E-state index in [2.05, 4.69) is 4.90 Å². The molecule has 3 aliphatic heterocycles. The molecule has 5 heteroatoms. The molecule has 0 aliphatic carbocycles. The number of cyclic esters (lactones) is 1. The maximum absolute atomic E-state index is 11.4. The van der Waals surface area contributed by atoms with Crippen molar-refractivity contribution in [2.24, 2.45) is 0 Å². The zero-order chi connectivity index (χ0) is 14.9. The van der Waals surface area contributed by atoms with E-state index in [0.717, 1.165) is 38.8 Å². The standard InChI is InChI=1S/C16H19NO4/c1-12-11-13(20-15(12)19)5-4-10-17-9-3-2-7-16(17)8-6-14(18)21-16/h5-6,8,11H,2-4,7,9-10H2,1H3/b13-5-. The number of carbonyl (C=O) groups excluding carboxylic acids is 2. The van der Waals surface area contributed by atoms with Crippen molar-refractivity contribution in [3.8, 4) is 0 Å². The van der Waals surface area contributed by atoms with Crippen LogP contribution in [0.4, 0.5) is 0 Å². The van der Waals surface area contributed by atoms with Crippen LogP contribution in [0.5, 0.6) is 0 Å². The molecule has 3 rings (SSSR count). The topological polar surface area (TPSA) is 55.8 Å². The molecule has 1 atom stereocenters. The monoisotopic (exact) mass is 289 g/mol. The second-order valence-electron chi connectivity index (χ2n) is 5.66. The van der Waals surface area contributed by atoms with E-state index in [-0.39, 0.29) is 11.9 Å². The maximum atomic E-state index is 11.4. The summed E-state index contributed by atoms with van der Waals surface area (Å²) in [4.78, 5) is 24.9. The van der Waals surface area contributed by atoms with E-state index in [1.165, 1.54) is 6.08 Å². The first-order valence-corrected chi connectivity index (χ1v) is 7.37. The van der Waals surface area contributed by atoms with Crippen LogP contribution in [0.25, 0.3) is 0 Å². The highest BCUT2D eigenvalue weighted by Crippen LogP contribution is 2.34. The van der Waals surface area contributed by atoms with Gasteiger partial charge in [-0.1, -0.05) is 0 Å². The summed E-state index contributed by atoms with van der Waals surface area (Å²) in [6.07, 6.45) is 10.8. The Hall–Kier alpha value is -1.88. The van der Waals surface area contributed by atoms with E-state index < -0.39 is 5.72 Å². The normalized spacial score (nSPS) is 30.9. The summed E-state index contributed by atoms with van der Waals surface area (Å²) in [5.74, 6) is 0.0782. The van der Waals surface area contributed by atoms with Crippen LogP contribution in [0.3, 0.4) is 0 Å². The van der Waals surface area contributed by atoms with Gasteiger partial charge in [0.1, 0.15) is 5.76 Å². The molecule has 1 saturated heterocycles. The Morgan fingerprint density at radius 1 is 1.38 bits per heavy atom. The van der Waals surface area contributed by atoms with Gasteiger partial charge in [0.15, 0.2) is 5.72 Å². The Morgan fingerprint density at radius 3 is 2.90 bits per heavy atom. The van der Waals surface area contributed by atoms with E-state index in [9.17, 15) is 9.59 Å². The van der Waals surface area contributed by atoms with Crippen molar-refractivity contribution in [1.82, 2.24) is 4.90 Å². The summed E-state index contributed by atoms with van der Waals surface area (Å²) in [7, 11) is 0. The summed E-state index contributed by atoms with van der Waals surface area (Å²) < 4.78 is 10.6. The fourth-order valence-corrected chi connectivity index (χ4v) is 3.03. The SMILES string of the molecule is CC1=C/C(=C/CCN2CCCCC23C=CC(=O)O3)OC1=O. The summed E-state index contributed by atoms with van der Waals surface area (Å²) in [6, 6.07) is 0. The van der Waals surface area contributed by atoms with Crippen molar-refractivity contribution in [2.75, 3.05) is 13.1 Å². The van der Waals surface area contributed by atoms with E-state index >= 15 is 0 Å². The van der Waals surface area contributed by atoms with E-state index in [1.54, 1.807) is 13.0 Å². The van der Waals surface area contributed by atoms with Gasteiger partial charge in [0.25, 0.3) is 0 Å². The lowest BCUT2D eigenvalue weighted by atomic mass is 9.98. The molecule has 0 aromatic heterocycles. The number of allylic oxidation sites excluding steroid dienone is 1. The molecule has 1 unspecified atom stereocenters. The number of ether oxygens (including phenoxy) is 2. The second-order valence-corrected chi connectivity index (χ2v) is 5.66. The Bertz CT molecular complexity index is 561. The highest BCUT2D eigenvalue weighted by Gasteiger charge is 2.42. The van der Waals surface area contributed by atoms with Crippen LogP contribution in [0, 0.1) is 0 Å². The average Bonchev–Trinajstić information content (AvgIpc) is 2.97. The fraction of sp³-hybridized carbons (Fsp3) is 0.500. The zero-order valence-corrected chi connectivity index (χ0v) is 12.1. The molecule has 1 spiro atoms. The van der Waals surface area contributed by atoms with Gasteiger partial charge in [-0.3, -0.25) is 4.90 Å². The van der Waals surface area contributed by atoms with Crippen molar-refractivity contribution >= 4 is 11.9 Å². The number of likely N-dealkylation sites (tertiary alicyclic amines) is 1. The number of esters is 2. The first-order valence-electron chi connectivity index (χ1n) is 7.37. The van der Waals surface area contributed by atoms with Crippen LogP contribution >= 0.6 is 0 Å². The number of nitrogens with zero attached hydrogens (tertiary/aromatic N) is 1. The van der Waals surface area contributed by atoms with E-state index in [0.29, 0.717) is 11.3 Å². The van der Waals surface area contributed by atoms with Crippen molar-refractivity contribution in [1.29, 1.82) is 0 Å². The molecule has 0 radical (unpaired) electrons. The second kappa shape index (κ2) is 5.48. The van der Waals surface area contributed by atoms with Gasteiger partial charge in [-0.15, -0.1) is 0 Å². The van der Waals surface area contributed by atoms with Crippen LogP contribution in [-0.4, -0.2) is 35.7 Å². The van der Waals surface area contributed by atoms with Crippen LogP contribution in [-0.2, 0) is 19.1 Å².